The predicted octanol–water partition coefficient (Wildman–Crippen LogP) is 5.78. The Balaban J connectivity index is 0.000000228. The molecule has 0 radical (unpaired) electrons. The van der Waals surface area contributed by atoms with Crippen LogP contribution in [0.2, 0.25) is 0 Å². The van der Waals surface area contributed by atoms with E-state index >= 15 is 0 Å². The van der Waals surface area contributed by atoms with Crippen LogP contribution >= 0.6 is 0 Å². The molecule has 0 aliphatic carbocycles. The first-order valence-corrected chi connectivity index (χ1v) is 23.5. The molecule has 360 valence electrons. The van der Waals surface area contributed by atoms with Crippen molar-refractivity contribution in [2.45, 2.75) is 45.2 Å². The average molecular weight is 956 g/mol. The fourth-order valence-electron chi connectivity index (χ4n) is 7.23. The molecule has 3 aliphatic rings. The van der Waals surface area contributed by atoms with Crippen molar-refractivity contribution in [2.24, 2.45) is 5.92 Å². The minimum absolute atomic E-state index is 0.0590. The standard InChI is InChI=1S/C27H32N4O6.C20H21N3O7S/c1-2-35-25(32)21-12-14-30(15-13-21)16-23-17-31(27(34)37-23)22-10-8-20(9-11-22)24(28)29-26(33)36-18-19-6-4-3-5-7-19;1-31(26,27)29-13-17-11-23(20(25)30-17)16-9-7-15(8-10-16)18(21)22-19(24)28-12-14-5-3-2-4-6-14/h3-11,21,23H,2,12-18H2,1H3,(H2,28,29,33);2-10,17H,11-13H2,1H3,(H2,21,22,24). The van der Waals surface area contributed by atoms with Crippen LogP contribution in [0, 0.1) is 16.7 Å². The van der Waals surface area contributed by atoms with Crippen LogP contribution in [0.25, 0.3) is 0 Å². The van der Waals surface area contributed by atoms with Crippen molar-refractivity contribution in [3.05, 3.63) is 131 Å². The van der Waals surface area contributed by atoms with E-state index in [1.165, 1.54) is 4.90 Å². The summed E-state index contributed by atoms with van der Waals surface area (Å²) in [5.41, 5.74) is 3.71. The summed E-state index contributed by atoms with van der Waals surface area (Å²) in [6.45, 7) is 4.80. The predicted molar refractivity (Wildman–Crippen MR) is 248 cm³/mol. The lowest BCUT2D eigenvalue weighted by molar-refractivity contribution is -0.149. The van der Waals surface area contributed by atoms with Gasteiger partial charge in [0.25, 0.3) is 10.1 Å². The molecule has 4 amide bonds. The number of cyclic esters (lactones) is 2. The number of alkyl carbamates (subject to hydrolysis) is 2. The van der Waals surface area contributed by atoms with E-state index in [1.54, 1.807) is 53.4 Å². The number of hydrogen-bond acceptors (Lipinski definition) is 16. The summed E-state index contributed by atoms with van der Waals surface area (Å²) in [6, 6.07) is 31.5. The minimum Gasteiger partial charge on any atom is -0.466 e. The Kier molecular flexibility index (Phi) is 17.6. The van der Waals surface area contributed by atoms with E-state index < -0.39 is 40.6 Å². The number of amides is 4. The summed E-state index contributed by atoms with van der Waals surface area (Å²) in [7, 11) is -3.63. The Morgan fingerprint density at radius 2 is 1.10 bits per heavy atom. The normalized spacial score (nSPS) is 17.2. The van der Waals surface area contributed by atoms with Crippen LogP contribution in [0.4, 0.5) is 30.6 Å². The lowest BCUT2D eigenvalue weighted by Crippen LogP contribution is -2.41. The summed E-state index contributed by atoms with van der Waals surface area (Å²) in [6.07, 6.45) is -1.11. The lowest BCUT2D eigenvalue weighted by atomic mass is 9.97. The first-order chi connectivity index (χ1) is 32.6. The number of ether oxygens (including phenoxy) is 5. The molecule has 0 bridgehead atoms. The molecule has 7 rings (SSSR count). The van der Waals surface area contributed by atoms with Gasteiger partial charge < -0.3 is 23.7 Å². The second-order valence-electron chi connectivity index (χ2n) is 15.8. The highest BCUT2D eigenvalue weighted by atomic mass is 32.2. The van der Waals surface area contributed by atoms with Crippen molar-refractivity contribution in [3.8, 4) is 0 Å². The Morgan fingerprint density at radius 1 is 0.662 bits per heavy atom. The maximum Gasteiger partial charge on any atom is 0.414 e. The van der Waals surface area contributed by atoms with Gasteiger partial charge in [-0.15, -0.1) is 0 Å². The van der Waals surface area contributed by atoms with Gasteiger partial charge in [0.05, 0.1) is 31.9 Å². The van der Waals surface area contributed by atoms with Gasteiger partial charge in [-0.05, 0) is 92.5 Å². The molecule has 4 aromatic carbocycles. The second kappa shape index (κ2) is 23.9. The van der Waals surface area contributed by atoms with Crippen molar-refractivity contribution in [2.75, 3.05) is 62.0 Å². The van der Waals surface area contributed by atoms with Crippen LogP contribution < -0.4 is 20.4 Å². The number of nitrogens with one attached hydrogen (secondary N) is 4. The molecule has 21 heteroatoms. The Labute approximate surface area is 393 Å². The number of hydrogen-bond donors (Lipinski definition) is 4. The van der Waals surface area contributed by atoms with Gasteiger partial charge in [-0.3, -0.25) is 45.1 Å². The SMILES string of the molecule is CCOC(=O)C1CCN(CC2CN(c3ccc(C(=N)NC(=O)OCc4ccccc4)cc3)C(=O)O2)CC1.CS(=O)(=O)OCC1CN(c2ccc(C(=N)NC(=O)OCc3ccccc3)cc2)C(=O)O1. The van der Waals surface area contributed by atoms with Crippen molar-refractivity contribution in [3.63, 3.8) is 0 Å². The molecule has 2 atom stereocenters. The summed E-state index contributed by atoms with van der Waals surface area (Å²) < 4.78 is 52.9. The number of amidine groups is 2. The number of anilines is 2. The van der Waals surface area contributed by atoms with Crippen molar-refractivity contribution >= 4 is 63.5 Å². The number of esters is 1. The van der Waals surface area contributed by atoms with Gasteiger partial charge in [0.15, 0.2) is 0 Å². The van der Waals surface area contributed by atoms with Crippen LogP contribution in [-0.2, 0) is 56.0 Å². The van der Waals surface area contributed by atoms with Crippen molar-refractivity contribution in [1.82, 2.24) is 15.5 Å². The topological polar surface area (TPSA) is 256 Å². The van der Waals surface area contributed by atoms with E-state index in [0.717, 1.165) is 43.3 Å². The Bertz CT molecular complexity index is 2510. The molecule has 4 N–H and O–H groups in total. The van der Waals surface area contributed by atoms with Crippen molar-refractivity contribution in [1.29, 1.82) is 10.8 Å². The molecule has 68 heavy (non-hydrogen) atoms. The highest BCUT2D eigenvalue weighted by Crippen LogP contribution is 2.26. The van der Waals surface area contributed by atoms with E-state index in [4.69, 9.17) is 34.5 Å². The highest BCUT2D eigenvalue weighted by molar-refractivity contribution is 7.86. The fourth-order valence-corrected chi connectivity index (χ4v) is 7.63. The van der Waals surface area contributed by atoms with Crippen LogP contribution in [-0.4, -0.2) is 120 Å². The van der Waals surface area contributed by atoms with Crippen molar-refractivity contribution < 1.29 is 60.3 Å². The number of piperidine rings is 1. The minimum atomic E-state index is -3.63. The fraction of sp³-hybridized carbons (Fsp3) is 0.340. The average Bonchev–Trinajstić information content (AvgIpc) is 3.90. The van der Waals surface area contributed by atoms with Gasteiger partial charge in [-0.1, -0.05) is 60.7 Å². The van der Waals surface area contributed by atoms with Gasteiger partial charge in [0.2, 0.25) is 0 Å². The summed E-state index contributed by atoms with van der Waals surface area (Å²) in [5.74, 6) is -0.446. The molecule has 2 unspecified atom stereocenters. The molecule has 0 spiro atoms. The van der Waals surface area contributed by atoms with Crippen LogP contribution in [0.3, 0.4) is 0 Å². The van der Waals surface area contributed by atoms with Crippen LogP contribution in [0.5, 0.6) is 0 Å². The lowest BCUT2D eigenvalue weighted by Gasteiger charge is -2.31. The Hall–Kier alpha value is -7.36. The maximum atomic E-state index is 12.5. The number of nitrogens with zero attached hydrogens (tertiary/aromatic N) is 3. The third-order valence-electron chi connectivity index (χ3n) is 10.7. The molecule has 4 aromatic rings. The summed E-state index contributed by atoms with van der Waals surface area (Å²) in [4.78, 5) is 65.5. The molecule has 0 saturated carbocycles. The smallest absolute Gasteiger partial charge is 0.414 e. The molecule has 3 saturated heterocycles. The highest BCUT2D eigenvalue weighted by Gasteiger charge is 2.36. The zero-order valence-corrected chi connectivity index (χ0v) is 38.3. The Morgan fingerprint density at radius 3 is 1.54 bits per heavy atom. The van der Waals surface area contributed by atoms with Gasteiger partial charge in [0.1, 0.15) is 43.7 Å². The van der Waals surface area contributed by atoms with E-state index in [1.807, 2.05) is 67.6 Å². The molecule has 3 fully saturated rings. The molecule has 20 nitrogen and oxygen atoms in total. The van der Waals surface area contributed by atoms with Gasteiger partial charge in [-0.25, -0.2) is 19.2 Å². The third kappa shape index (κ3) is 15.1. The quantitative estimate of drug-likeness (QED) is 0.0363. The summed E-state index contributed by atoms with van der Waals surface area (Å²) >= 11 is 0. The van der Waals surface area contributed by atoms with Crippen LogP contribution in [0.15, 0.2) is 109 Å². The summed E-state index contributed by atoms with van der Waals surface area (Å²) in [5, 5.41) is 20.9. The van der Waals surface area contributed by atoms with Crippen LogP contribution in [0.1, 0.15) is 42.0 Å². The zero-order chi connectivity index (χ0) is 48.6. The first-order valence-electron chi connectivity index (χ1n) is 21.7. The monoisotopic (exact) mass is 955 g/mol. The van der Waals surface area contributed by atoms with Gasteiger partial charge >= 0.3 is 30.3 Å². The largest absolute Gasteiger partial charge is 0.466 e. The zero-order valence-electron chi connectivity index (χ0n) is 37.5. The molecule has 3 heterocycles. The number of benzene rings is 4. The third-order valence-corrected chi connectivity index (χ3v) is 11.3. The second-order valence-corrected chi connectivity index (χ2v) is 17.4. The van der Waals surface area contributed by atoms with E-state index in [0.29, 0.717) is 42.2 Å². The van der Waals surface area contributed by atoms with E-state index in [2.05, 4.69) is 19.7 Å². The molecule has 3 aliphatic heterocycles. The number of likely N-dealkylation sites (tertiary alicyclic amines) is 1. The number of carbonyl (C=O) groups is 5. The van der Waals surface area contributed by atoms with Gasteiger partial charge in [0, 0.05) is 29.0 Å². The van der Waals surface area contributed by atoms with Gasteiger partial charge in [-0.2, -0.15) is 8.42 Å². The first kappa shape index (κ1) is 50.1. The molecular formula is C47H53N7O13S. The van der Waals surface area contributed by atoms with E-state index in [9.17, 15) is 32.4 Å². The maximum absolute atomic E-state index is 12.5. The molecule has 0 aromatic heterocycles. The number of rotatable bonds is 15. The molecular weight excluding hydrogens is 903 g/mol. The number of carbonyl (C=O) groups excluding carboxylic acids is 5. The van der Waals surface area contributed by atoms with E-state index in [-0.39, 0.29) is 56.0 Å².